The van der Waals surface area contributed by atoms with E-state index in [2.05, 4.69) is 15.9 Å². The molecule has 1 rings (SSSR count). The number of carbonyl (C=O) groups is 1. The van der Waals surface area contributed by atoms with Gasteiger partial charge in [0, 0.05) is 10.0 Å². The molecule has 15 heavy (non-hydrogen) atoms. The minimum absolute atomic E-state index is 0.264. The van der Waals surface area contributed by atoms with E-state index in [0.29, 0.717) is 12.2 Å². The fourth-order valence-corrected chi connectivity index (χ4v) is 1.38. The molecule has 0 aliphatic carbocycles. The van der Waals surface area contributed by atoms with E-state index < -0.39 is 0 Å². The van der Waals surface area contributed by atoms with Gasteiger partial charge in [-0.2, -0.15) is 0 Å². The number of carbonyl (C=O) groups excluding carboxylic acids is 1. The zero-order valence-electron chi connectivity index (χ0n) is 8.79. The van der Waals surface area contributed by atoms with Gasteiger partial charge in [-0.15, -0.1) is 0 Å². The molecule has 1 aromatic carbocycles. The largest absolute Gasteiger partial charge is 0.463 e. The molecular weight excluding hydrogens is 256 g/mol. The van der Waals surface area contributed by atoms with Crippen molar-refractivity contribution in [1.29, 1.82) is 0 Å². The SMILES string of the molecule is CCOC(=O)/C(C)=C/c1ccc(Br)cc1. The summed E-state index contributed by atoms with van der Waals surface area (Å²) < 4.78 is 5.90. The van der Waals surface area contributed by atoms with Crippen LogP contribution in [0.25, 0.3) is 6.08 Å². The Bertz CT molecular complexity index is 366. The normalized spacial score (nSPS) is 11.3. The number of ether oxygens (including phenoxy) is 1. The fraction of sp³-hybridized carbons (Fsp3) is 0.250. The lowest BCUT2D eigenvalue weighted by molar-refractivity contribution is -0.138. The van der Waals surface area contributed by atoms with Crippen LogP contribution in [0.2, 0.25) is 0 Å². The third-order valence-electron chi connectivity index (χ3n) is 1.85. The van der Waals surface area contributed by atoms with Crippen LogP contribution in [-0.2, 0) is 9.53 Å². The highest BCUT2D eigenvalue weighted by molar-refractivity contribution is 9.10. The molecule has 0 unspecified atom stereocenters. The monoisotopic (exact) mass is 268 g/mol. The topological polar surface area (TPSA) is 26.3 Å². The van der Waals surface area contributed by atoms with Gasteiger partial charge >= 0.3 is 5.97 Å². The second-order valence-corrected chi connectivity index (χ2v) is 4.02. The van der Waals surface area contributed by atoms with E-state index in [1.165, 1.54) is 0 Å². The first-order valence-corrected chi connectivity index (χ1v) is 5.53. The standard InChI is InChI=1S/C12H13BrO2/c1-3-15-12(14)9(2)8-10-4-6-11(13)7-5-10/h4-8H,3H2,1-2H3/b9-8+. The molecule has 80 valence electrons. The Morgan fingerprint density at radius 1 is 1.40 bits per heavy atom. The zero-order chi connectivity index (χ0) is 11.3. The number of hydrogen-bond acceptors (Lipinski definition) is 2. The van der Waals surface area contributed by atoms with Crippen molar-refractivity contribution < 1.29 is 9.53 Å². The Hall–Kier alpha value is -1.09. The van der Waals surface area contributed by atoms with Crippen molar-refractivity contribution in [3.63, 3.8) is 0 Å². The van der Waals surface area contributed by atoms with Crippen LogP contribution in [0.4, 0.5) is 0 Å². The molecule has 0 bridgehead atoms. The lowest BCUT2D eigenvalue weighted by atomic mass is 10.1. The van der Waals surface area contributed by atoms with Gasteiger partial charge in [-0.25, -0.2) is 4.79 Å². The molecule has 0 amide bonds. The van der Waals surface area contributed by atoms with Gasteiger partial charge in [0.1, 0.15) is 0 Å². The van der Waals surface area contributed by atoms with Crippen LogP contribution in [0.5, 0.6) is 0 Å². The second kappa shape index (κ2) is 5.71. The summed E-state index contributed by atoms with van der Waals surface area (Å²) in [5.41, 5.74) is 1.60. The van der Waals surface area contributed by atoms with E-state index in [9.17, 15) is 4.79 Å². The van der Waals surface area contributed by atoms with Gasteiger partial charge in [-0.05, 0) is 37.6 Å². The zero-order valence-corrected chi connectivity index (χ0v) is 10.4. The summed E-state index contributed by atoms with van der Waals surface area (Å²) in [6.07, 6.45) is 1.81. The average molecular weight is 269 g/mol. The fourth-order valence-electron chi connectivity index (χ4n) is 1.11. The molecular formula is C12H13BrO2. The van der Waals surface area contributed by atoms with Crippen LogP contribution < -0.4 is 0 Å². The molecule has 0 aliphatic rings. The average Bonchev–Trinajstić information content (AvgIpc) is 2.22. The van der Waals surface area contributed by atoms with E-state index in [4.69, 9.17) is 4.74 Å². The molecule has 0 saturated heterocycles. The molecule has 0 aromatic heterocycles. The number of halogens is 1. The van der Waals surface area contributed by atoms with Gasteiger partial charge in [0.25, 0.3) is 0 Å². The summed E-state index contributed by atoms with van der Waals surface area (Å²) in [6.45, 7) is 3.95. The highest BCUT2D eigenvalue weighted by atomic mass is 79.9. The van der Waals surface area contributed by atoms with E-state index in [1.54, 1.807) is 13.8 Å². The van der Waals surface area contributed by atoms with Gasteiger partial charge in [0.2, 0.25) is 0 Å². The number of hydrogen-bond donors (Lipinski definition) is 0. The summed E-state index contributed by atoms with van der Waals surface area (Å²) in [5.74, 6) is -0.264. The third kappa shape index (κ3) is 3.88. The summed E-state index contributed by atoms with van der Waals surface area (Å²) in [6, 6.07) is 7.74. The molecule has 0 radical (unpaired) electrons. The minimum Gasteiger partial charge on any atom is -0.463 e. The quantitative estimate of drug-likeness (QED) is 0.620. The van der Waals surface area contributed by atoms with Crippen LogP contribution in [0.1, 0.15) is 19.4 Å². The molecule has 0 saturated carbocycles. The van der Waals surface area contributed by atoms with Crippen LogP contribution in [0, 0.1) is 0 Å². The number of benzene rings is 1. The van der Waals surface area contributed by atoms with Crippen LogP contribution in [0.15, 0.2) is 34.3 Å². The van der Waals surface area contributed by atoms with Crippen molar-refractivity contribution in [2.75, 3.05) is 6.61 Å². The second-order valence-electron chi connectivity index (χ2n) is 3.10. The Morgan fingerprint density at radius 3 is 2.53 bits per heavy atom. The van der Waals surface area contributed by atoms with Gasteiger partial charge < -0.3 is 4.74 Å². The summed E-state index contributed by atoms with van der Waals surface area (Å²) in [5, 5.41) is 0. The first-order valence-electron chi connectivity index (χ1n) is 4.74. The van der Waals surface area contributed by atoms with Gasteiger partial charge in [0.05, 0.1) is 6.61 Å². The minimum atomic E-state index is -0.264. The Labute approximate surface area is 98.1 Å². The molecule has 1 aromatic rings. The maximum Gasteiger partial charge on any atom is 0.333 e. The molecule has 2 nitrogen and oxygen atoms in total. The Morgan fingerprint density at radius 2 is 2.00 bits per heavy atom. The van der Waals surface area contributed by atoms with E-state index in [0.717, 1.165) is 10.0 Å². The predicted octanol–water partition coefficient (Wildman–Crippen LogP) is 3.42. The van der Waals surface area contributed by atoms with Crippen molar-refractivity contribution in [2.24, 2.45) is 0 Å². The van der Waals surface area contributed by atoms with E-state index >= 15 is 0 Å². The predicted molar refractivity (Wildman–Crippen MR) is 64.4 cm³/mol. The van der Waals surface area contributed by atoms with Gasteiger partial charge in [-0.1, -0.05) is 28.1 Å². The van der Waals surface area contributed by atoms with Crippen molar-refractivity contribution in [2.45, 2.75) is 13.8 Å². The van der Waals surface area contributed by atoms with E-state index in [-0.39, 0.29) is 5.97 Å². The van der Waals surface area contributed by atoms with Crippen LogP contribution >= 0.6 is 15.9 Å². The number of esters is 1. The maximum absolute atomic E-state index is 11.3. The van der Waals surface area contributed by atoms with Gasteiger partial charge in [-0.3, -0.25) is 0 Å². The van der Waals surface area contributed by atoms with E-state index in [1.807, 2.05) is 30.3 Å². The highest BCUT2D eigenvalue weighted by Crippen LogP contribution is 2.13. The number of rotatable bonds is 3. The molecule has 0 spiro atoms. The molecule has 3 heteroatoms. The lowest BCUT2D eigenvalue weighted by Crippen LogP contribution is -2.04. The van der Waals surface area contributed by atoms with Crippen LogP contribution in [-0.4, -0.2) is 12.6 Å². The molecule has 0 fully saturated rings. The molecule has 0 atom stereocenters. The molecule has 0 N–H and O–H groups in total. The van der Waals surface area contributed by atoms with Gasteiger partial charge in [0.15, 0.2) is 0 Å². The van der Waals surface area contributed by atoms with Crippen molar-refractivity contribution in [1.82, 2.24) is 0 Å². The van der Waals surface area contributed by atoms with Crippen molar-refractivity contribution in [3.8, 4) is 0 Å². The Kier molecular flexibility index (Phi) is 4.56. The summed E-state index contributed by atoms with van der Waals surface area (Å²) >= 11 is 3.35. The van der Waals surface area contributed by atoms with Crippen molar-refractivity contribution in [3.05, 3.63) is 39.9 Å². The highest BCUT2D eigenvalue weighted by Gasteiger charge is 2.03. The maximum atomic E-state index is 11.3. The molecule has 0 aliphatic heterocycles. The summed E-state index contributed by atoms with van der Waals surface area (Å²) in [4.78, 5) is 11.3. The molecule has 0 heterocycles. The third-order valence-corrected chi connectivity index (χ3v) is 2.38. The van der Waals surface area contributed by atoms with Crippen molar-refractivity contribution >= 4 is 28.0 Å². The van der Waals surface area contributed by atoms with Crippen LogP contribution in [0.3, 0.4) is 0 Å². The first-order chi connectivity index (χ1) is 7.13. The summed E-state index contributed by atoms with van der Waals surface area (Å²) in [7, 11) is 0. The first kappa shape index (κ1) is 12.0. The Balaban J connectivity index is 2.78. The lowest BCUT2D eigenvalue weighted by Gasteiger charge is -2.01. The smallest absolute Gasteiger partial charge is 0.333 e.